The third kappa shape index (κ3) is 5.50. The van der Waals surface area contributed by atoms with E-state index >= 15 is 0 Å². The molecule has 0 radical (unpaired) electrons. The Morgan fingerprint density at radius 2 is 1.92 bits per heavy atom. The summed E-state index contributed by atoms with van der Waals surface area (Å²) in [4.78, 5) is 12.0. The fraction of sp³-hybridized carbons (Fsp3) is 0.188. The number of hydrogen-bond acceptors (Lipinski definition) is 8. The molecule has 0 aliphatic carbocycles. The van der Waals surface area contributed by atoms with Gasteiger partial charge in [-0.15, -0.1) is 32.2 Å². The maximum Gasteiger partial charge on any atom is 0.229 e. The summed E-state index contributed by atoms with van der Waals surface area (Å²) in [5.74, 6) is 1.14. The van der Waals surface area contributed by atoms with Crippen LogP contribution in [0, 0.1) is 0 Å². The van der Waals surface area contributed by atoms with Crippen LogP contribution < -0.4 is 11.1 Å². The van der Waals surface area contributed by atoms with E-state index < -0.39 is 0 Å². The van der Waals surface area contributed by atoms with E-state index in [9.17, 15) is 4.79 Å². The lowest BCUT2D eigenvalue weighted by atomic mass is 10.1. The van der Waals surface area contributed by atoms with Crippen molar-refractivity contribution >= 4 is 40.0 Å². The van der Waals surface area contributed by atoms with Crippen LogP contribution in [0.25, 0.3) is 0 Å². The number of aryl methyl sites for hydroxylation is 1. The molecule has 0 spiro atoms. The van der Waals surface area contributed by atoms with E-state index in [1.54, 1.807) is 17.8 Å². The lowest BCUT2D eigenvalue weighted by Gasteiger charge is -2.04. The first kappa shape index (κ1) is 17.3. The molecule has 7 nitrogen and oxygen atoms in total. The summed E-state index contributed by atoms with van der Waals surface area (Å²) in [5.41, 5.74) is 6.50. The highest BCUT2D eigenvalue weighted by molar-refractivity contribution is 7.99. The van der Waals surface area contributed by atoms with Gasteiger partial charge in [0, 0.05) is 12.2 Å². The monoisotopic (exact) mass is 372 g/mol. The highest BCUT2D eigenvalue weighted by Gasteiger charge is 2.06. The van der Waals surface area contributed by atoms with E-state index in [0.29, 0.717) is 17.4 Å². The molecule has 0 bridgehead atoms. The molecule has 0 saturated heterocycles. The molecule has 3 N–H and O–H groups in total. The molecule has 1 amide bonds. The Balaban J connectivity index is 1.46. The quantitative estimate of drug-likeness (QED) is 0.613. The molecular formula is C16H16N6OS2. The lowest BCUT2D eigenvalue weighted by Crippen LogP contribution is -2.15. The molecule has 9 heteroatoms. The average Bonchev–Trinajstić information content (AvgIpc) is 3.02. The number of thioether (sulfide) groups is 1. The van der Waals surface area contributed by atoms with E-state index in [2.05, 4.69) is 25.7 Å². The predicted molar refractivity (Wildman–Crippen MR) is 99.6 cm³/mol. The van der Waals surface area contributed by atoms with Gasteiger partial charge in [0.05, 0.1) is 6.42 Å². The van der Waals surface area contributed by atoms with Crippen LogP contribution in [0.5, 0.6) is 0 Å². The number of aromatic nitrogens is 4. The third-order valence-electron chi connectivity index (χ3n) is 3.16. The van der Waals surface area contributed by atoms with Crippen LogP contribution in [0.4, 0.5) is 10.9 Å². The number of amides is 1. The molecule has 128 valence electrons. The fourth-order valence-electron chi connectivity index (χ4n) is 2.04. The molecule has 3 rings (SSSR count). The first-order chi connectivity index (χ1) is 12.2. The smallest absolute Gasteiger partial charge is 0.229 e. The van der Waals surface area contributed by atoms with Crippen molar-refractivity contribution in [3.05, 3.63) is 53.0 Å². The van der Waals surface area contributed by atoms with E-state index in [1.807, 2.05) is 36.4 Å². The number of carbonyl (C=O) groups excluding carboxylic acids is 1. The Kier molecular flexibility index (Phi) is 5.91. The van der Waals surface area contributed by atoms with Gasteiger partial charge in [-0.2, -0.15) is 0 Å². The Bertz CT molecular complexity index is 822. The second-order valence-corrected chi connectivity index (χ2v) is 7.31. The molecule has 0 atom stereocenters. The zero-order valence-electron chi connectivity index (χ0n) is 13.3. The van der Waals surface area contributed by atoms with E-state index in [0.717, 1.165) is 27.8 Å². The first-order valence-corrected chi connectivity index (χ1v) is 9.37. The third-order valence-corrected chi connectivity index (χ3v) is 4.90. The van der Waals surface area contributed by atoms with Gasteiger partial charge >= 0.3 is 0 Å². The minimum absolute atomic E-state index is 0.116. The van der Waals surface area contributed by atoms with Crippen LogP contribution in [-0.2, 0) is 17.6 Å². The Hall–Kier alpha value is -2.52. The minimum atomic E-state index is -0.116. The van der Waals surface area contributed by atoms with Crippen molar-refractivity contribution < 1.29 is 4.79 Å². The molecule has 0 aliphatic heterocycles. The van der Waals surface area contributed by atoms with Crippen LogP contribution >= 0.6 is 23.1 Å². The van der Waals surface area contributed by atoms with Gasteiger partial charge in [0.2, 0.25) is 11.0 Å². The molecule has 0 aliphatic rings. The van der Waals surface area contributed by atoms with Crippen LogP contribution in [0.3, 0.4) is 0 Å². The number of nitrogens with zero attached hydrogens (tertiary/aromatic N) is 4. The fourth-order valence-corrected chi connectivity index (χ4v) is 3.55. The van der Waals surface area contributed by atoms with Crippen molar-refractivity contribution in [1.82, 2.24) is 20.4 Å². The number of anilines is 2. The number of benzene rings is 1. The minimum Gasteiger partial charge on any atom is -0.374 e. The van der Waals surface area contributed by atoms with Crippen molar-refractivity contribution in [3.8, 4) is 0 Å². The van der Waals surface area contributed by atoms with Gasteiger partial charge in [0.15, 0.2) is 5.82 Å². The second kappa shape index (κ2) is 8.54. The van der Waals surface area contributed by atoms with Gasteiger partial charge in [0.1, 0.15) is 10.0 Å². The number of hydrogen-bond donors (Lipinski definition) is 2. The predicted octanol–water partition coefficient (Wildman–Crippen LogP) is 2.43. The summed E-state index contributed by atoms with van der Waals surface area (Å²) in [7, 11) is 0. The largest absolute Gasteiger partial charge is 0.374 e. The molecule has 1 aromatic carbocycles. The highest BCUT2D eigenvalue weighted by atomic mass is 32.2. The molecule has 0 saturated carbocycles. The van der Waals surface area contributed by atoms with E-state index in [4.69, 9.17) is 5.73 Å². The number of nitrogen functional groups attached to an aromatic ring is 1. The Morgan fingerprint density at radius 1 is 1.08 bits per heavy atom. The first-order valence-electron chi connectivity index (χ1n) is 7.57. The zero-order valence-corrected chi connectivity index (χ0v) is 14.9. The molecule has 2 aromatic heterocycles. The lowest BCUT2D eigenvalue weighted by molar-refractivity contribution is -0.115. The maximum absolute atomic E-state index is 12.0. The highest BCUT2D eigenvalue weighted by Crippen LogP contribution is 2.19. The van der Waals surface area contributed by atoms with Crippen molar-refractivity contribution in [2.24, 2.45) is 0 Å². The second-order valence-electron chi connectivity index (χ2n) is 5.10. The number of carbonyl (C=O) groups is 1. The molecule has 0 fully saturated rings. The van der Waals surface area contributed by atoms with Gasteiger partial charge in [-0.1, -0.05) is 41.7 Å². The normalized spacial score (nSPS) is 10.6. The average molecular weight is 372 g/mol. The SMILES string of the molecule is Nc1nnc(CCSc2ccc(NC(=O)Cc3ccccc3)nn2)s1. The van der Waals surface area contributed by atoms with E-state index in [1.165, 1.54) is 11.3 Å². The van der Waals surface area contributed by atoms with Crippen LogP contribution in [0.15, 0.2) is 47.5 Å². The van der Waals surface area contributed by atoms with Crippen molar-refractivity contribution in [1.29, 1.82) is 0 Å². The Labute approximate surface area is 153 Å². The number of nitrogens with one attached hydrogen (secondary N) is 1. The summed E-state index contributed by atoms with van der Waals surface area (Å²) in [6.45, 7) is 0. The zero-order chi connectivity index (χ0) is 17.5. The maximum atomic E-state index is 12.0. The molecule has 3 aromatic rings. The summed E-state index contributed by atoms with van der Waals surface area (Å²) >= 11 is 2.96. The van der Waals surface area contributed by atoms with E-state index in [-0.39, 0.29) is 5.91 Å². The summed E-state index contributed by atoms with van der Waals surface area (Å²) in [6.07, 6.45) is 1.08. The molecule has 25 heavy (non-hydrogen) atoms. The Morgan fingerprint density at radius 3 is 2.60 bits per heavy atom. The van der Waals surface area contributed by atoms with Gasteiger partial charge in [-0.05, 0) is 17.7 Å². The van der Waals surface area contributed by atoms with Crippen LogP contribution in [-0.4, -0.2) is 32.1 Å². The number of rotatable bonds is 7. The van der Waals surface area contributed by atoms with Crippen molar-refractivity contribution in [3.63, 3.8) is 0 Å². The molecular weight excluding hydrogens is 356 g/mol. The molecule has 0 unspecified atom stereocenters. The summed E-state index contributed by atoms with van der Waals surface area (Å²) in [6, 6.07) is 13.1. The molecule has 2 heterocycles. The van der Waals surface area contributed by atoms with Gasteiger partial charge in [-0.3, -0.25) is 4.79 Å². The summed E-state index contributed by atoms with van der Waals surface area (Å²) < 4.78 is 0. The topological polar surface area (TPSA) is 107 Å². The van der Waals surface area contributed by atoms with Gasteiger partial charge < -0.3 is 11.1 Å². The van der Waals surface area contributed by atoms with Gasteiger partial charge in [-0.25, -0.2) is 0 Å². The van der Waals surface area contributed by atoms with Crippen molar-refractivity contribution in [2.75, 3.05) is 16.8 Å². The van der Waals surface area contributed by atoms with Crippen LogP contribution in [0.2, 0.25) is 0 Å². The standard InChI is InChI=1S/C16H16N6OS2/c17-16-22-21-15(25-16)8-9-24-14-7-6-12(19-20-14)18-13(23)10-11-4-2-1-3-5-11/h1-7H,8-10H2,(H2,17,22)(H,18,19,23). The summed E-state index contributed by atoms with van der Waals surface area (Å²) in [5, 5.41) is 20.8. The van der Waals surface area contributed by atoms with Crippen LogP contribution in [0.1, 0.15) is 10.6 Å². The van der Waals surface area contributed by atoms with Gasteiger partial charge in [0.25, 0.3) is 0 Å². The van der Waals surface area contributed by atoms with Crippen molar-refractivity contribution in [2.45, 2.75) is 17.9 Å². The number of nitrogens with two attached hydrogens (primary N) is 1.